The number of benzene rings is 3. The number of piperazine rings is 1. The Labute approximate surface area is 218 Å². The number of hydrogen-bond acceptors (Lipinski definition) is 5. The first kappa shape index (κ1) is 25.0. The summed E-state index contributed by atoms with van der Waals surface area (Å²) in [5.41, 5.74) is 3.62. The molecule has 3 aromatic rings. The number of nitrogens with one attached hydrogen (secondary N) is 1. The predicted octanol–water partition coefficient (Wildman–Crippen LogP) is 6.07. The van der Waals surface area contributed by atoms with Gasteiger partial charge < -0.3 is 10.2 Å². The predicted molar refractivity (Wildman–Crippen MR) is 147 cm³/mol. The standard InChI is InChI=1S/C30H34N4O3/c1-23-14-16-30(17-15-23,33-20-18-32(19-21-33)27-8-3-2-4-9-27)25-6-5-7-26(22-25)31-29(35)24-10-12-28(13-11-24)34(36)37/h2-13,22-23H,14-21H2,1H3,(H,31,35). The van der Waals surface area contributed by atoms with Crippen LogP contribution in [0.2, 0.25) is 0 Å². The number of hydrogen-bond donors (Lipinski definition) is 1. The summed E-state index contributed by atoms with van der Waals surface area (Å²) in [6.45, 7) is 6.35. The van der Waals surface area contributed by atoms with Crippen LogP contribution in [-0.2, 0) is 5.54 Å². The number of amides is 1. The zero-order chi connectivity index (χ0) is 25.8. The lowest BCUT2D eigenvalue weighted by atomic mass is 9.71. The van der Waals surface area contributed by atoms with Gasteiger partial charge in [-0.3, -0.25) is 19.8 Å². The molecule has 1 heterocycles. The van der Waals surface area contributed by atoms with Gasteiger partial charge in [0.25, 0.3) is 11.6 Å². The summed E-state index contributed by atoms with van der Waals surface area (Å²) in [6, 6.07) is 24.6. The minimum Gasteiger partial charge on any atom is -0.369 e. The normalized spacial score (nSPS) is 22.4. The lowest BCUT2D eigenvalue weighted by Gasteiger charge is -2.51. The average Bonchev–Trinajstić information content (AvgIpc) is 2.94. The van der Waals surface area contributed by atoms with E-state index in [2.05, 4.69) is 64.5 Å². The van der Waals surface area contributed by atoms with E-state index in [1.807, 2.05) is 12.1 Å². The van der Waals surface area contributed by atoms with Crippen molar-refractivity contribution in [1.29, 1.82) is 0 Å². The highest BCUT2D eigenvalue weighted by Crippen LogP contribution is 2.45. The third kappa shape index (κ3) is 5.37. The molecule has 1 N–H and O–H groups in total. The molecule has 1 saturated carbocycles. The van der Waals surface area contributed by atoms with E-state index < -0.39 is 4.92 Å². The maximum atomic E-state index is 12.9. The number of anilines is 2. The number of nitrogens with zero attached hydrogens (tertiary/aromatic N) is 3. The fourth-order valence-electron chi connectivity index (χ4n) is 5.88. The number of nitro benzene ring substituents is 1. The summed E-state index contributed by atoms with van der Waals surface area (Å²) in [5.74, 6) is 0.457. The maximum absolute atomic E-state index is 12.9. The number of rotatable bonds is 6. The molecule has 0 unspecified atom stereocenters. The maximum Gasteiger partial charge on any atom is 0.269 e. The third-order valence-corrected chi connectivity index (χ3v) is 8.11. The minimum absolute atomic E-state index is 0.0284. The smallest absolute Gasteiger partial charge is 0.269 e. The van der Waals surface area contributed by atoms with Crippen LogP contribution in [0.3, 0.4) is 0 Å². The summed E-state index contributed by atoms with van der Waals surface area (Å²) in [7, 11) is 0. The van der Waals surface area contributed by atoms with Gasteiger partial charge in [0, 0.05) is 60.8 Å². The van der Waals surface area contributed by atoms with Crippen molar-refractivity contribution in [1.82, 2.24) is 4.90 Å². The molecule has 192 valence electrons. The van der Waals surface area contributed by atoms with E-state index in [9.17, 15) is 14.9 Å². The van der Waals surface area contributed by atoms with Gasteiger partial charge in [-0.15, -0.1) is 0 Å². The van der Waals surface area contributed by atoms with Crippen molar-refractivity contribution in [2.75, 3.05) is 36.4 Å². The summed E-state index contributed by atoms with van der Waals surface area (Å²) in [4.78, 5) is 28.5. The zero-order valence-corrected chi connectivity index (χ0v) is 21.3. The van der Waals surface area contributed by atoms with E-state index in [-0.39, 0.29) is 17.1 Å². The average molecular weight is 499 g/mol. The van der Waals surface area contributed by atoms with Crippen LogP contribution < -0.4 is 10.2 Å². The molecule has 0 bridgehead atoms. The largest absolute Gasteiger partial charge is 0.369 e. The minimum atomic E-state index is -0.463. The van der Waals surface area contributed by atoms with Crippen molar-refractivity contribution in [3.63, 3.8) is 0 Å². The Morgan fingerprint density at radius 1 is 0.919 bits per heavy atom. The zero-order valence-electron chi connectivity index (χ0n) is 21.3. The molecule has 2 aliphatic rings. The fourth-order valence-corrected chi connectivity index (χ4v) is 5.88. The molecule has 7 nitrogen and oxygen atoms in total. The third-order valence-electron chi connectivity index (χ3n) is 8.11. The van der Waals surface area contributed by atoms with Crippen LogP contribution in [0.4, 0.5) is 17.1 Å². The first-order valence-electron chi connectivity index (χ1n) is 13.2. The van der Waals surface area contributed by atoms with Gasteiger partial charge in [-0.25, -0.2) is 0 Å². The van der Waals surface area contributed by atoms with Crippen LogP contribution in [0.1, 0.15) is 48.5 Å². The highest BCUT2D eigenvalue weighted by Gasteiger charge is 2.42. The lowest BCUT2D eigenvalue weighted by molar-refractivity contribution is -0.384. The van der Waals surface area contributed by atoms with Crippen molar-refractivity contribution in [3.05, 3.63) is 100 Å². The van der Waals surface area contributed by atoms with Gasteiger partial charge in [-0.05, 0) is 73.6 Å². The molecule has 2 fully saturated rings. The molecule has 37 heavy (non-hydrogen) atoms. The van der Waals surface area contributed by atoms with Crippen molar-refractivity contribution in [3.8, 4) is 0 Å². The quantitative estimate of drug-likeness (QED) is 0.329. The van der Waals surface area contributed by atoms with Crippen LogP contribution in [0.25, 0.3) is 0 Å². The lowest BCUT2D eigenvalue weighted by Crippen LogP contribution is -2.56. The molecule has 1 saturated heterocycles. The van der Waals surface area contributed by atoms with Gasteiger partial charge in [0.05, 0.1) is 4.92 Å². The van der Waals surface area contributed by atoms with E-state index in [4.69, 9.17) is 0 Å². The second kappa shape index (κ2) is 10.7. The van der Waals surface area contributed by atoms with Crippen LogP contribution >= 0.6 is 0 Å². The van der Waals surface area contributed by atoms with Gasteiger partial charge in [0.2, 0.25) is 0 Å². The second-order valence-electron chi connectivity index (χ2n) is 10.4. The highest BCUT2D eigenvalue weighted by atomic mass is 16.6. The number of para-hydroxylation sites is 1. The molecule has 0 spiro atoms. The van der Waals surface area contributed by atoms with Crippen molar-refractivity contribution in [2.24, 2.45) is 5.92 Å². The summed E-state index contributed by atoms with van der Waals surface area (Å²) in [5, 5.41) is 13.9. The van der Waals surface area contributed by atoms with Crippen LogP contribution in [0.5, 0.6) is 0 Å². The first-order chi connectivity index (χ1) is 17.9. The molecule has 0 radical (unpaired) electrons. The summed E-state index contributed by atoms with van der Waals surface area (Å²) < 4.78 is 0. The molecule has 0 aromatic heterocycles. The summed E-state index contributed by atoms with van der Waals surface area (Å²) >= 11 is 0. The Balaban J connectivity index is 1.35. The van der Waals surface area contributed by atoms with E-state index in [0.717, 1.165) is 50.6 Å². The van der Waals surface area contributed by atoms with E-state index in [1.165, 1.54) is 48.4 Å². The van der Waals surface area contributed by atoms with Crippen LogP contribution in [0.15, 0.2) is 78.9 Å². The Morgan fingerprint density at radius 2 is 1.59 bits per heavy atom. The van der Waals surface area contributed by atoms with Crippen molar-refractivity contribution in [2.45, 2.75) is 38.1 Å². The van der Waals surface area contributed by atoms with Gasteiger partial charge in [-0.2, -0.15) is 0 Å². The molecule has 1 amide bonds. The first-order valence-corrected chi connectivity index (χ1v) is 13.2. The van der Waals surface area contributed by atoms with Crippen LogP contribution in [-0.4, -0.2) is 41.9 Å². The second-order valence-corrected chi connectivity index (χ2v) is 10.4. The molecule has 1 aliphatic carbocycles. The van der Waals surface area contributed by atoms with E-state index in [0.29, 0.717) is 5.56 Å². The molecule has 3 aromatic carbocycles. The molecule has 0 atom stereocenters. The SMILES string of the molecule is CC1CCC(c2cccc(NC(=O)c3ccc([N+](=O)[O-])cc3)c2)(N2CCN(c3ccccc3)CC2)CC1. The highest BCUT2D eigenvalue weighted by molar-refractivity contribution is 6.04. The number of nitro groups is 1. The van der Waals surface area contributed by atoms with E-state index >= 15 is 0 Å². The Morgan fingerprint density at radius 3 is 2.24 bits per heavy atom. The van der Waals surface area contributed by atoms with Gasteiger partial charge in [0.1, 0.15) is 0 Å². The number of carbonyl (C=O) groups is 1. The van der Waals surface area contributed by atoms with Gasteiger partial charge in [0.15, 0.2) is 0 Å². The van der Waals surface area contributed by atoms with Crippen LogP contribution in [0, 0.1) is 16.0 Å². The number of carbonyl (C=O) groups excluding carboxylic acids is 1. The fraction of sp³-hybridized carbons (Fsp3) is 0.367. The Bertz CT molecular complexity index is 1230. The molecular weight excluding hydrogens is 464 g/mol. The molecule has 5 rings (SSSR count). The van der Waals surface area contributed by atoms with Gasteiger partial charge >= 0.3 is 0 Å². The Kier molecular flexibility index (Phi) is 7.24. The van der Waals surface area contributed by atoms with Crippen molar-refractivity contribution < 1.29 is 9.72 Å². The molecular formula is C30H34N4O3. The number of non-ortho nitro benzene ring substituents is 1. The monoisotopic (exact) mass is 498 g/mol. The topological polar surface area (TPSA) is 78.7 Å². The van der Waals surface area contributed by atoms with E-state index in [1.54, 1.807) is 0 Å². The Hall–Kier alpha value is -3.71. The van der Waals surface area contributed by atoms with Gasteiger partial charge in [-0.1, -0.05) is 37.3 Å². The summed E-state index contributed by atoms with van der Waals surface area (Å²) in [6.07, 6.45) is 4.61. The molecule has 7 heteroatoms. The van der Waals surface area contributed by atoms with Crippen molar-refractivity contribution >= 4 is 23.0 Å². The molecule has 1 aliphatic heterocycles.